The highest BCUT2D eigenvalue weighted by Gasteiger charge is 2.24. The van der Waals surface area contributed by atoms with E-state index in [9.17, 15) is 19.2 Å². The van der Waals surface area contributed by atoms with Crippen molar-refractivity contribution < 1.29 is 23.9 Å². The topological polar surface area (TPSA) is 96.1 Å². The third-order valence-corrected chi connectivity index (χ3v) is 4.33. The van der Waals surface area contributed by atoms with Crippen molar-refractivity contribution in [2.75, 3.05) is 19.7 Å². The average Bonchev–Trinajstić information content (AvgIpc) is 2.64. The zero-order chi connectivity index (χ0) is 19.4. The fraction of sp³-hybridized carbons (Fsp3) is 0.263. The van der Waals surface area contributed by atoms with E-state index in [0.29, 0.717) is 35.9 Å². The summed E-state index contributed by atoms with van der Waals surface area (Å²) in [6.07, 6.45) is 0.654. The molecule has 0 spiro atoms. The van der Waals surface area contributed by atoms with Crippen LogP contribution in [0.3, 0.4) is 0 Å². The molecule has 0 aliphatic carbocycles. The van der Waals surface area contributed by atoms with E-state index in [1.165, 1.54) is 12.1 Å². The third kappa shape index (κ3) is 4.53. The number of nitrogens with zero attached hydrogens (tertiary/aromatic N) is 2. The Kier molecular flexibility index (Phi) is 5.56. The highest BCUT2D eigenvalue weighted by molar-refractivity contribution is 5.96. The molecule has 0 saturated heterocycles. The molecule has 27 heavy (non-hydrogen) atoms. The molecule has 3 amide bonds. The van der Waals surface area contributed by atoms with Crippen molar-refractivity contribution in [1.29, 1.82) is 0 Å². The monoisotopic (exact) mass is 373 g/mol. The molecular formula is C19H20FN3O4. The summed E-state index contributed by atoms with van der Waals surface area (Å²) in [5.74, 6) is 0.109. The van der Waals surface area contributed by atoms with Gasteiger partial charge < -0.3 is 15.4 Å². The van der Waals surface area contributed by atoms with Gasteiger partial charge in [-0.2, -0.15) is 0 Å². The van der Waals surface area contributed by atoms with Crippen molar-refractivity contribution in [3.05, 3.63) is 65.0 Å². The first-order valence-electron chi connectivity index (χ1n) is 8.49. The lowest BCUT2D eigenvalue weighted by molar-refractivity contribution is -0.0464. The number of hydrogen-bond acceptors (Lipinski definition) is 4. The van der Waals surface area contributed by atoms with E-state index < -0.39 is 6.03 Å². The van der Waals surface area contributed by atoms with Gasteiger partial charge in [-0.3, -0.25) is 10.0 Å². The first kappa shape index (κ1) is 18.7. The van der Waals surface area contributed by atoms with Gasteiger partial charge in [0.15, 0.2) is 0 Å². The molecule has 0 radical (unpaired) electrons. The Balaban J connectivity index is 1.63. The molecule has 0 unspecified atom stereocenters. The van der Waals surface area contributed by atoms with E-state index in [1.807, 2.05) is 0 Å². The molecule has 3 N–H and O–H groups in total. The Morgan fingerprint density at radius 2 is 2.11 bits per heavy atom. The van der Waals surface area contributed by atoms with Crippen molar-refractivity contribution in [3.63, 3.8) is 0 Å². The summed E-state index contributed by atoms with van der Waals surface area (Å²) in [7, 11) is 0. The Labute approximate surface area is 155 Å². The minimum absolute atomic E-state index is 0.0627. The molecule has 2 aromatic carbocycles. The molecule has 1 aliphatic rings. The second-order valence-corrected chi connectivity index (χ2v) is 6.24. The number of fused-ring (bicyclic) bond motifs is 1. The van der Waals surface area contributed by atoms with Crippen LogP contribution in [0.25, 0.3) is 0 Å². The summed E-state index contributed by atoms with van der Waals surface area (Å²) >= 11 is 0. The van der Waals surface area contributed by atoms with Gasteiger partial charge in [0.05, 0.1) is 6.54 Å². The van der Waals surface area contributed by atoms with E-state index in [2.05, 4.69) is 0 Å². The van der Waals surface area contributed by atoms with Crippen LogP contribution in [0.2, 0.25) is 0 Å². The maximum absolute atomic E-state index is 13.3. The number of hydroxylamine groups is 2. The fourth-order valence-electron chi connectivity index (χ4n) is 2.97. The van der Waals surface area contributed by atoms with Gasteiger partial charge in [0.1, 0.15) is 18.2 Å². The normalized spacial score (nSPS) is 13.3. The van der Waals surface area contributed by atoms with Crippen LogP contribution >= 0.6 is 0 Å². The number of primary amides is 1. The number of hydrogen-bond donors (Lipinski definition) is 2. The van der Waals surface area contributed by atoms with Crippen LogP contribution in [0.5, 0.6) is 5.75 Å². The van der Waals surface area contributed by atoms with Gasteiger partial charge in [-0.15, -0.1) is 0 Å². The molecule has 0 saturated carbocycles. The zero-order valence-corrected chi connectivity index (χ0v) is 14.6. The zero-order valence-electron chi connectivity index (χ0n) is 14.6. The van der Waals surface area contributed by atoms with Crippen molar-refractivity contribution in [3.8, 4) is 5.75 Å². The molecule has 8 heteroatoms. The molecule has 3 rings (SSSR count). The Morgan fingerprint density at radius 1 is 1.30 bits per heavy atom. The van der Waals surface area contributed by atoms with Gasteiger partial charge in [0, 0.05) is 18.7 Å². The molecule has 2 aromatic rings. The van der Waals surface area contributed by atoms with Gasteiger partial charge in [-0.1, -0.05) is 12.1 Å². The van der Waals surface area contributed by atoms with Crippen molar-refractivity contribution in [1.82, 2.24) is 9.96 Å². The van der Waals surface area contributed by atoms with Crippen molar-refractivity contribution in [2.24, 2.45) is 5.73 Å². The van der Waals surface area contributed by atoms with Crippen LogP contribution in [0, 0.1) is 5.82 Å². The Morgan fingerprint density at radius 3 is 2.85 bits per heavy atom. The van der Waals surface area contributed by atoms with Crippen LogP contribution in [0.4, 0.5) is 9.18 Å². The summed E-state index contributed by atoms with van der Waals surface area (Å²) in [4.78, 5) is 25.1. The van der Waals surface area contributed by atoms with Crippen LogP contribution < -0.4 is 10.5 Å². The minimum atomic E-state index is -0.951. The second-order valence-electron chi connectivity index (χ2n) is 6.24. The first-order chi connectivity index (χ1) is 12.9. The predicted octanol–water partition coefficient (Wildman–Crippen LogP) is 2.17. The summed E-state index contributed by atoms with van der Waals surface area (Å²) in [5, 5.41) is 9.57. The maximum Gasteiger partial charge on any atom is 0.338 e. The number of nitrogens with two attached hydrogens (primary N) is 1. The lowest BCUT2D eigenvalue weighted by Gasteiger charge is -2.29. The summed E-state index contributed by atoms with van der Waals surface area (Å²) < 4.78 is 18.8. The van der Waals surface area contributed by atoms with Gasteiger partial charge in [-0.05, 0) is 47.9 Å². The van der Waals surface area contributed by atoms with Crippen LogP contribution in [-0.4, -0.2) is 46.8 Å². The summed E-state index contributed by atoms with van der Waals surface area (Å²) in [6.45, 7) is 0.885. The minimum Gasteiger partial charge on any atom is -0.492 e. The van der Waals surface area contributed by atoms with Crippen molar-refractivity contribution >= 4 is 11.9 Å². The number of urea groups is 1. The number of carbonyl (C=O) groups is 2. The SMILES string of the molecule is NC(=O)N(O)CCOc1ccc2c(c1)CCN(Cc1cccc(F)c1)C2=O. The van der Waals surface area contributed by atoms with Gasteiger partial charge in [0.2, 0.25) is 0 Å². The largest absolute Gasteiger partial charge is 0.492 e. The van der Waals surface area contributed by atoms with Gasteiger partial charge in [0.25, 0.3) is 5.91 Å². The number of carbonyl (C=O) groups excluding carboxylic acids is 2. The number of ether oxygens (including phenoxy) is 1. The van der Waals surface area contributed by atoms with Crippen LogP contribution in [0.15, 0.2) is 42.5 Å². The molecule has 142 valence electrons. The van der Waals surface area contributed by atoms with Gasteiger partial charge >= 0.3 is 6.03 Å². The molecule has 0 aromatic heterocycles. The molecule has 7 nitrogen and oxygen atoms in total. The molecule has 1 heterocycles. The second kappa shape index (κ2) is 8.05. The standard InChI is InChI=1S/C19H20FN3O4/c20-15-3-1-2-13(10-15)12-22-7-6-14-11-16(4-5-17(14)18(22)24)27-9-8-23(26)19(21)25/h1-5,10-11,26H,6-9,12H2,(H2,21,25). The average molecular weight is 373 g/mol. The molecule has 0 bridgehead atoms. The van der Waals surface area contributed by atoms with E-state index >= 15 is 0 Å². The van der Waals surface area contributed by atoms with E-state index in [1.54, 1.807) is 35.2 Å². The lowest BCUT2D eigenvalue weighted by atomic mass is 9.98. The number of amides is 3. The maximum atomic E-state index is 13.3. The highest BCUT2D eigenvalue weighted by Crippen LogP contribution is 2.25. The Hall–Kier alpha value is -3.13. The Bertz CT molecular complexity index is 859. The fourth-order valence-corrected chi connectivity index (χ4v) is 2.97. The van der Waals surface area contributed by atoms with Crippen molar-refractivity contribution in [2.45, 2.75) is 13.0 Å². The van der Waals surface area contributed by atoms with Gasteiger partial charge in [-0.25, -0.2) is 14.2 Å². The molecule has 0 fully saturated rings. The lowest BCUT2D eigenvalue weighted by Crippen LogP contribution is -2.37. The number of rotatable bonds is 6. The smallest absolute Gasteiger partial charge is 0.338 e. The van der Waals surface area contributed by atoms with Crippen LogP contribution in [0.1, 0.15) is 21.5 Å². The molecule has 1 aliphatic heterocycles. The molecule has 0 atom stereocenters. The number of halogens is 1. The van der Waals surface area contributed by atoms with E-state index in [0.717, 1.165) is 11.1 Å². The highest BCUT2D eigenvalue weighted by atomic mass is 19.1. The van der Waals surface area contributed by atoms with E-state index in [-0.39, 0.29) is 24.9 Å². The summed E-state index contributed by atoms with van der Waals surface area (Å²) in [5.41, 5.74) is 7.12. The third-order valence-electron chi connectivity index (χ3n) is 4.33. The summed E-state index contributed by atoms with van der Waals surface area (Å²) in [6, 6.07) is 10.4. The molecular weight excluding hydrogens is 353 g/mol. The van der Waals surface area contributed by atoms with E-state index in [4.69, 9.17) is 10.5 Å². The quantitative estimate of drug-likeness (QED) is 0.599. The first-order valence-corrected chi connectivity index (χ1v) is 8.49. The predicted molar refractivity (Wildman–Crippen MR) is 94.9 cm³/mol. The number of benzene rings is 2. The van der Waals surface area contributed by atoms with Crippen LogP contribution in [-0.2, 0) is 13.0 Å².